The summed E-state index contributed by atoms with van der Waals surface area (Å²) in [5, 5.41) is 2.63. The maximum atomic E-state index is 14.7. The van der Waals surface area contributed by atoms with Gasteiger partial charge in [-0.25, -0.2) is 28.3 Å². The highest BCUT2D eigenvalue weighted by molar-refractivity contribution is 7.88. The maximum absolute atomic E-state index is 14.7. The zero-order valence-electron chi connectivity index (χ0n) is 24.5. The summed E-state index contributed by atoms with van der Waals surface area (Å²) in [5.41, 5.74) is 5.31. The van der Waals surface area contributed by atoms with Gasteiger partial charge in [0.05, 0.1) is 30.2 Å². The number of anilines is 3. The van der Waals surface area contributed by atoms with Crippen LogP contribution < -0.4 is 30.1 Å². The number of benzene rings is 2. The van der Waals surface area contributed by atoms with Crippen molar-refractivity contribution in [2.45, 2.75) is 45.3 Å². The summed E-state index contributed by atoms with van der Waals surface area (Å²) < 4.78 is 68.3. The van der Waals surface area contributed by atoms with E-state index < -0.39 is 45.5 Å². The third-order valence-electron chi connectivity index (χ3n) is 6.45. The van der Waals surface area contributed by atoms with Gasteiger partial charge < -0.3 is 25.4 Å². The van der Waals surface area contributed by atoms with E-state index in [-0.39, 0.29) is 34.2 Å². The molecular formula is C28H33F2N7O6S. The fourth-order valence-corrected chi connectivity index (χ4v) is 5.56. The van der Waals surface area contributed by atoms with Crippen LogP contribution >= 0.6 is 0 Å². The molecule has 5 N–H and O–H groups in total. The summed E-state index contributed by atoms with van der Waals surface area (Å²) in [5.74, 6) is -2.03. The highest BCUT2D eigenvalue weighted by Gasteiger charge is 2.28. The fourth-order valence-electron chi connectivity index (χ4n) is 4.56. The molecule has 0 saturated carbocycles. The van der Waals surface area contributed by atoms with Crippen LogP contribution in [0.25, 0.3) is 11.3 Å². The molecule has 0 spiro atoms. The summed E-state index contributed by atoms with van der Waals surface area (Å²) in [6.07, 6.45) is 0.706. The topological polar surface area (TPSA) is 178 Å². The highest BCUT2D eigenvalue weighted by Crippen LogP contribution is 2.34. The predicted octanol–water partition coefficient (Wildman–Crippen LogP) is 3.59. The first-order valence-corrected chi connectivity index (χ1v) is 15.0. The second-order valence-corrected chi connectivity index (χ2v) is 12.4. The zero-order valence-corrected chi connectivity index (χ0v) is 25.3. The molecule has 16 heteroatoms. The lowest BCUT2D eigenvalue weighted by molar-refractivity contribution is 0.0569. The van der Waals surface area contributed by atoms with Crippen molar-refractivity contribution in [3.05, 3.63) is 59.9 Å². The zero-order chi connectivity index (χ0) is 32.2. The summed E-state index contributed by atoms with van der Waals surface area (Å²) in [6, 6.07) is 7.51. The van der Waals surface area contributed by atoms with Gasteiger partial charge in [0, 0.05) is 19.1 Å². The molecule has 4 rings (SSSR count). The molecule has 0 aliphatic carbocycles. The predicted molar refractivity (Wildman–Crippen MR) is 159 cm³/mol. The van der Waals surface area contributed by atoms with Gasteiger partial charge in [-0.05, 0) is 63.9 Å². The molecule has 1 aliphatic rings. The van der Waals surface area contributed by atoms with E-state index in [2.05, 4.69) is 20.0 Å². The van der Waals surface area contributed by atoms with Crippen LogP contribution in [0.1, 0.15) is 44.1 Å². The number of amides is 2. The Kier molecular flexibility index (Phi) is 9.53. The van der Waals surface area contributed by atoms with E-state index in [4.69, 9.17) is 15.2 Å². The van der Waals surface area contributed by atoms with Crippen molar-refractivity contribution >= 4 is 39.4 Å². The molecule has 1 fully saturated rings. The minimum Gasteiger partial charge on any atom is -0.496 e. The van der Waals surface area contributed by atoms with Crippen LogP contribution in [0.2, 0.25) is 0 Å². The van der Waals surface area contributed by atoms with E-state index in [0.29, 0.717) is 31.6 Å². The van der Waals surface area contributed by atoms with Gasteiger partial charge in [0.2, 0.25) is 0 Å². The Morgan fingerprint density at radius 1 is 1.11 bits per heavy atom. The number of nitrogens with zero attached hydrogens (tertiary/aromatic N) is 3. The quantitative estimate of drug-likeness (QED) is 0.287. The molecule has 13 nitrogen and oxygen atoms in total. The Hall–Kier alpha value is -4.57. The Morgan fingerprint density at radius 3 is 2.48 bits per heavy atom. The number of rotatable bonds is 8. The Balaban J connectivity index is 1.47. The average Bonchev–Trinajstić information content (AvgIpc) is 2.92. The molecule has 2 aromatic carbocycles. The van der Waals surface area contributed by atoms with Crippen molar-refractivity contribution in [3.63, 3.8) is 0 Å². The first kappa shape index (κ1) is 32.3. The van der Waals surface area contributed by atoms with Gasteiger partial charge in [-0.3, -0.25) is 4.79 Å². The van der Waals surface area contributed by atoms with Gasteiger partial charge in [0.25, 0.3) is 5.91 Å². The first-order valence-electron chi connectivity index (χ1n) is 13.5. The number of carbonyl (C=O) groups excluding carboxylic acids is 2. The molecule has 0 atom stereocenters. The third-order valence-corrected chi connectivity index (χ3v) is 7.53. The second-order valence-electron chi connectivity index (χ2n) is 10.9. The maximum Gasteiger partial charge on any atom is 0.422 e. The van der Waals surface area contributed by atoms with Gasteiger partial charge in [0.1, 0.15) is 40.2 Å². The van der Waals surface area contributed by atoms with E-state index in [0.717, 1.165) is 12.3 Å². The van der Waals surface area contributed by atoms with Crippen molar-refractivity contribution < 1.29 is 36.3 Å². The number of aromatic nitrogens is 2. The van der Waals surface area contributed by atoms with Gasteiger partial charge in [-0.2, -0.15) is 13.1 Å². The Bertz CT molecular complexity index is 1660. The molecule has 1 saturated heterocycles. The molecule has 1 aromatic heterocycles. The number of piperidine rings is 1. The summed E-state index contributed by atoms with van der Waals surface area (Å²) >= 11 is 0. The van der Waals surface area contributed by atoms with Crippen LogP contribution in [0.15, 0.2) is 42.6 Å². The molecule has 0 bridgehead atoms. The number of nitrogen functional groups attached to an aromatic ring is 1. The number of nitrogens with two attached hydrogens (primary N) is 1. The second kappa shape index (κ2) is 13.0. The fraction of sp³-hybridized carbons (Fsp3) is 0.357. The number of carbonyl (C=O) groups is 2. The summed E-state index contributed by atoms with van der Waals surface area (Å²) in [4.78, 5) is 35.2. The van der Waals surface area contributed by atoms with Gasteiger partial charge in [-0.15, -0.1) is 0 Å². The van der Waals surface area contributed by atoms with Crippen LogP contribution in [0.4, 0.5) is 30.8 Å². The first-order chi connectivity index (χ1) is 20.7. The van der Waals surface area contributed by atoms with Crippen molar-refractivity contribution in [2.75, 3.05) is 36.1 Å². The minimum atomic E-state index is -4.18. The Morgan fingerprint density at radius 2 is 1.82 bits per heavy atom. The lowest BCUT2D eigenvalue weighted by atomic mass is 10.0. The molecule has 3 aromatic rings. The molecule has 44 heavy (non-hydrogen) atoms. The smallest absolute Gasteiger partial charge is 0.422 e. The van der Waals surface area contributed by atoms with Crippen molar-refractivity contribution in [2.24, 2.45) is 0 Å². The minimum absolute atomic E-state index is 0.0686. The molecule has 2 amide bonds. The van der Waals surface area contributed by atoms with E-state index in [1.807, 2.05) is 9.62 Å². The lowest BCUT2D eigenvalue weighted by Gasteiger charge is -2.34. The van der Waals surface area contributed by atoms with E-state index in [1.54, 1.807) is 20.8 Å². The van der Waals surface area contributed by atoms with Crippen LogP contribution in [-0.2, 0) is 14.9 Å². The lowest BCUT2D eigenvalue weighted by Crippen LogP contribution is -2.50. The van der Waals surface area contributed by atoms with E-state index in [1.165, 1.54) is 37.4 Å². The molecular weight excluding hydrogens is 600 g/mol. The van der Waals surface area contributed by atoms with Crippen LogP contribution in [0, 0.1) is 11.6 Å². The van der Waals surface area contributed by atoms with Gasteiger partial charge in [-0.1, -0.05) is 6.07 Å². The normalized spacial score (nSPS) is 14.2. The summed E-state index contributed by atoms with van der Waals surface area (Å²) in [6.45, 7) is 5.51. The van der Waals surface area contributed by atoms with Crippen LogP contribution in [0.3, 0.4) is 0 Å². The molecule has 1 aliphatic heterocycles. The molecule has 0 radical (unpaired) electrons. The van der Waals surface area contributed by atoms with Crippen molar-refractivity contribution in [1.29, 1.82) is 0 Å². The van der Waals surface area contributed by atoms with E-state index in [9.17, 15) is 26.8 Å². The number of nitrogens with one attached hydrogen (secondary N) is 3. The highest BCUT2D eigenvalue weighted by atomic mass is 32.2. The van der Waals surface area contributed by atoms with Crippen LogP contribution in [-0.4, -0.2) is 62.2 Å². The average molecular weight is 634 g/mol. The van der Waals surface area contributed by atoms with Crippen molar-refractivity contribution in [3.8, 4) is 17.0 Å². The SMILES string of the molecule is COc1cccc(F)c1-c1nc(C(=O)Nc2cc(F)ccc2N2CCC(NS(=O)(=O)NC(=O)OC(C)(C)C)CC2)cnc1N. The largest absolute Gasteiger partial charge is 0.496 e. The number of hydrogen-bond donors (Lipinski definition) is 4. The van der Waals surface area contributed by atoms with Crippen LogP contribution in [0.5, 0.6) is 5.75 Å². The molecule has 0 unspecified atom stereocenters. The standard InChI is InChI=1S/C28H33F2N7O6S/c1-28(2,3)43-27(39)36-44(40,41)35-17-10-12-37(13-11-17)21-9-8-16(29)14-19(21)34-26(38)20-15-32-25(31)24(33-20)23-18(30)6-5-7-22(23)42-4/h5-9,14-15,17,35H,10-13H2,1-4H3,(H2,31,32)(H,34,38)(H,36,39). The molecule has 2 heterocycles. The number of hydrogen-bond acceptors (Lipinski definition) is 10. The van der Waals surface area contributed by atoms with Gasteiger partial charge >= 0.3 is 16.3 Å². The Labute approximate surface area is 253 Å². The number of ether oxygens (including phenoxy) is 2. The van der Waals surface area contributed by atoms with Gasteiger partial charge in [0.15, 0.2) is 0 Å². The van der Waals surface area contributed by atoms with E-state index >= 15 is 0 Å². The molecule has 236 valence electrons. The van der Waals surface area contributed by atoms with Crippen molar-refractivity contribution in [1.82, 2.24) is 19.4 Å². The number of methoxy groups -OCH3 is 1. The summed E-state index contributed by atoms with van der Waals surface area (Å²) in [7, 11) is -2.83. The third kappa shape index (κ3) is 8.08. The number of halogens is 2. The monoisotopic (exact) mass is 633 g/mol.